The van der Waals surface area contributed by atoms with Gasteiger partial charge in [0.2, 0.25) is 5.76 Å². The second kappa shape index (κ2) is 10.2. The number of anilines is 1. The number of carbonyl (C=O) groups excluding carboxylic acids is 1. The van der Waals surface area contributed by atoms with Gasteiger partial charge in [0.25, 0.3) is 5.91 Å². The highest BCUT2D eigenvalue weighted by molar-refractivity contribution is 6.10. The Hall–Kier alpha value is -4.33. The van der Waals surface area contributed by atoms with Crippen LogP contribution in [0.4, 0.5) is 10.1 Å². The zero-order chi connectivity index (χ0) is 27.0. The standard InChI is InChI=1S/C30H28FNO6/c1-17(2)12-13-37-24-10-8-18(14-25(24)36-4)27-26-28(33)22-15-19(31)9-11-23(22)38-29(26)30(34)32(27)20-6-5-7-21(16-20)35-3/h5-11,14-17,27H,12-13H2,1-4H3. The third-order valence-corrected chi connectivity index (χ3v) is 6.62. The fraction of sp³-hybridized carbons (Fsp3) is 0.267. The molecular formula is C30H28FNO6. The van der Waals surface area contributed by atoms with E-state index in [-0.39, 0.29) is 22.3 Å². The van der Waals surface area contributed by atoms with E-state index in [1.165, 1.54) is 31.3 Å². The van der Waals surface area contributed by atoms with Crippen molar-refractivity contribution < 1.29 is 27.8 Å². The number of amides is 1. The van der Waals surface area contributed by atoms with Gasteiger partial charge in [-0.15, -0.1) is 0 Å². The summed E-state index contributed by atoms with van der Waals surface area (Å²) in [6, 6.07) is 15.1. The predicted molar refractivity (Wildman–Crippen MR) is 142 cm³/mol. The molecule has 3 aromatic carbocycles. The van der Waals surface area contributed by atoms with Crippen LogP contribution in [0.15, 0.2) is 69.9 Å². The van der Waals surface area contributed by atoms with Gasteiger partial charge in [-0.05, 0) is 60.4 Å². The molecule has 0 aliphatic carbocycles. The molecule has 2 heterocycles. The van der Waals surface area contributed by atoms with Crippen molar-refractivity contribution >= 4 is 22.6 Å². The number of nitrogens with zero attached hydrogens (tertiary/aromatic N) is 1. The van der Waals surface area contributed by atoms with Gasteiger partial charge in [0.05, 0.1) is 37.8 Å². The first kappa shape index (κ1) is 25.3. The Bertz CT molecular complexity index is 1580. The third kappa shape index (κ3) is 4.47. The van der Waals surface area contributed by atoms with Gasteiger partial charge >= 0.3 is 0 Å². The number of methoxy groups -OCH3 is 2. The smallest absolute Gasteiger partial charge is 0.295 e. The van der Waals surface area contributed by atoms with Gasteiger partial charge in [0.1, 0.15) is 17.1 Å². The lowest BCUT2D eigenvalue weighted by Gasteiger charge is -2.26. The summed E-state index contributed by atoms with van der Waals surface area (Å²) in [6.07, 6.45) is 0.879. The maximum Gasteiger partial charge on any atom is 0.295 e. The van der Waals surface area contributed by atoms with Crippen molar-refractivity contribution in [1.82, 2.24) is 0 Å². The van der Waals surface area contributed by atoms with E-state index in [1.54, 1.807) is 42.5 Å². The second-order valence-corrected chi connectivity index (χ2v) is 9.53. The molecule has 1 unspecified atom stereocenters. The molecule has 0 radical (unpaired) electrons. The molecule has 1 atom stereocenters. The molecule has 0 fully saturated rings. The minimum atomic E-state index is -0.855. The lowest BCUT2D eigenvalue weighted by Crippen LogP contribution is -2.29. The molecule has 1 aromatic heterocycles. The van der Waals surface area contributed by atoms with Gasteiger partial charge in [0, 0.05) is 11.8 Å². The summed E-state index contributed by atoms with van der Waals surface area (Å²) in [7, 11) is 3.07. The lowest BCUT2D eigenvalue weighted by molar-refractivity contribution is 0.0971. The molecule has 38 heavy (non-hydrogen) atoms. The quantitative estimate of drug-likeness (QED) is 0.280. The van der Waals surface area contributed by atoms with Crippen LogP contribution in [0.5, 0.6) is 17.2 Å². The number of halogens is 1. The number of hydrogen-bond donors (Lipinski definition) is 0. The Morgan fingerprint density at radius 3 is 2.53 bits per heavy atom. The Morgan fingerprint density at radius 1 is 0.974 bits per heavy atom. The van der Waals surface area contributed by atoms with E-state index in [4.69, 9.17) is 18.6 Å². The summed E-state index contributed by atoms with van der Waals surface area (Å²) in [5, 5.41) is 0.0645. The molecule has 0 N–H and O–H groups in total. The van der Waals surface area contributed by atoms with Crippen LogP contribution in [0.1, 0.15) is 48.0 Å². The molecule has 1 aliphatic heterocycles. The first-order valence-corrected chi connectivity index (χ1v) is 12.4. The monoisotopic (exact) mass is 517 g/mol. The van der Waals surface area contributed by atoms with E-state index >= 15 is 0 Å². The summed E-state index contributed by atoms with van der Waals surface area (Å²) in [5.74, 6) is 0.909. The van der Waals surface area contributed by atoms with Gasteiger partial charge in [-0.25, -0.2) is 4.39 Å². The number of ether oxygens (including phenoxy) is 3. The molecule has 8 heteroatoms. The second-order valence-electron chi connectivity index (χ2n) is 9.53. The molecule has 1 amide bonds. The SMILES string of the molecule is COc1cccc(N2C(=O)c3oc4ccc(F)cc4c(=O)c3C2c2ccc(OCCC(C)C)c(OC)c2)c1. The molecule has 0 spiro atoms. The van der Waals surface area contributed by atoms with Gasteiger partial charge in [-0.3, -0.25) is 14.5 Å². The topological polar surface area (TPSA) is 78.2 Å². The molecule has 4 aromatic rings. The fourth-order valence-electron chi connectivity index (χ4n) is 4.67. The van der Waals surface area contributed by atoms with Crippen LogP contribution in [0.2, 0.25) is 0 Å². The summed E-state index contributed by atoms with van der Waals surface area (Å²) >= 11 is 0. The van der Waals surface area contributed by atoms with E-state index in [0.717, 1.165) is 12.5 Å². The third-order valence-electron chi connectivity index (χ3n) is 6.62. The van der Waals surface area contributed by atoms with Gasteiger partial charge in [-0.1, -0.05) is 26.0 Å². The van der Waals surface area contributed by atoms with Crippen LogP contribution in [0, 0.1) is 11.7 Å². The van der Waals surface area contributed by atoms with Crippen molar-refractivity contribution in [1.29, 1.82) is 0 Å². The predicted octanol–water partition coefficient (Wildman–Crippen LogP) is 6.12. The first-order chi connectivity index (χ1) is 18.3. The molecule has 0 saturated heterocycles. The van der Waals surface area contributed by atoms with Crippen LogP contribution < -0.4 is 24.5 Å². The first-order valence-electron chi connectivity index (χ1n) is 12.4. The van der Waals surface area contributed by atoms with Crippen molar-refractivity contribution in [3.05, 3.63) is 93.6 Å². The van der Waals surface area contributed by atoms with Crippen molar-refractivity contribution in [2.24, 2.45) is 5.92 Å². The number of carbonyl (C=O) groups is 1. The molecule has 5 rings (SSSR count). The summed E-state index contributed by atoms with van der Waals surface area (Å²) in [4.78, 5) is 29.0. The van der Waals surface area contributed by atoms with Crippen LogP contribution in [-0.2, 0) is 0 Å². The summed E-state index contributed by atoms with van der Waals surface area (Å²) in [5.41, 5.74) is 0.918. The number of hydrogen-bond acceptors (Lipinski definition) is 6. The van der Waals surface area contributed by atoms with Crippen LogP contribution in [0.3, 0.4) is 0 Å². The van der Waals surface area contributed by atoms with Crippen molar-refractivity contribution in [3.8, 4) is 17.2 Å². The Labute approximate surface area is 219 Å². The fourth-order valence-corrected chi connectivity index (χ4v) is 4.67. The Kier molecular flexibility index (Phi) is 6.80. The maximum absolute atomic E-state index is 14.1. The van der Waals surface area contributed by atoms with Crippen LogP contribution in [-0.4, -0.2) is 26.7 Å². The molecule has 0 saturated carbocycles. The largest absolute Gasteiger partial charge is 0.497 e. The Morgan fingerprint density at radius 2 is 1.79 bits per heavy atom. The van der Waals surface area contributed by atoms with E-state index < -0.39 is 23.2 Å². The van der Waals surface area contributed by atoms with Crippen LogP contribution >= 0.6 is 0 Å². The zero-order valence-corrected chi connectivity index (χ0v) is 21.6. The van der Waals surface area contributed by atoms with Crippen molar-refractivity contribution in [3.63, 3.8) is 0 Å². The minimum Gasteiger partial charge on any atom is -0.497 e. The summed E-state index contributed by atoms with van der Waals surface area (Å²) in [6.45, 7) is 4.76. The van der Waals surface area contributed by atoms with Crippen molar-refractivity contribution in [2.45, 2.75) is 26.3 Å². The highest BCUT2D eigenvalue weighted by atomic mass is 19.1. The number of fused-ring (bicyclic) bond motifs is 2. The van der Waals surface area contributed by atoms with Crippen molar-refractivity contribution in [2.75, 3.05) is 25.7 Å². The van der Waals surface area contributed by atoms with Gasteiger partial charge < -0.3 is 18.6 Å². The average Bonchev–Trinajstić information content (AvgIpc) is 3.21. The zero-order valence-electron chi connectivity index (χ0n) is 21.6. The van der Waals surface area contributed by atoms with E-state index in [1.807, 2.05) is 0 Å². The number of benzene rings is 3. The number of rotatable bonds is 8. The van der Waals surface area contributed by atoms with Gasteiger partial charge in [0.15, 0.2) is 16.9 Å². The highest BCUT2D eigenvalue weighted by Gasteiger charge is 2.44. The minimum absolute atomic E-state index is 0.0645. The lowest BCUT2D eigenvalue weighted by atomic mass is 9.97. The molecule has 7 nitrogen and oxygen atoms in total. The maximum atomic E-state index is 14.1. The molecule has 196 valence electrons. The normalized spacial score (nSPS) is 14.7. The molecule has 0 bridgehead atoms. The molecule has 1 aliphatic rings. The average molecular weight is 518 g/mol. The highest BCUT2D eigenvalue weighted by Crippen LogP contribution is 2.44. The Balaban J connectivity index is 1.69. The molecular weight excluding hydrogens is 489 g/mol. The van der Waals surface area contributed by atoms with Crippen LogP contribution in [0.25, 0.3) is 11.0 Å². The summed E-state index contributed by atoms with van der Waals surface area (Å²) < 4.78 is 36.9. The van der Waals surface area contributed by atoms with E-state index in [0.29, 0.717) is 41.0 Å². The van der Waals surface area contributed by atoms with E-state index in [9.17, 15) is 14.0 Å². The van der Waals surface area contributed by atoms with Gasteiger partial charge in [-0.2, -0.15) is 0 Å². The van der Waals surface area contributed by atoms with E-state index in [2.05, 4.69) is 13.8 Å².